The summed E-state index contributed by atoms with van der Waals surface area (Å²) in [4.78, 5) is 1.01. The highest BCUT2D eigenvalue weighted by molar-refractivity contribution is 7.99. The monoisotopic (exact) mass is 265 g/mol. The predicted molar refractivity (Wildman–Crippen MR) is 70.8 cm³/mol. The average molecular weight is 265 g/mol. The Hall–Kier alpha value is -1.55. The van der Waals surface area contributed by atoms with Crippen molar-refractivity contribution < 1.29 is 8.78 Å². The van der Waals surface area contributed by atoms with Crippen molar-refractivity contribution in [1.29, 1.82) is 0 Å². The van der Waals surface area contributed by atoms with Gasteiger partial charge >= 0.3 is 0 Å². The summed E-state index contributed by atoms with van der Waals surface area (Å²) >= 11 is 1.15. The topological polar surface area (TPSA) is 26.0 Å². The van der Waals surface area contributed by atoms with Gasteiger partial charge in [0.2, 0.25) is 0 Å². The molecule has 0 bridgehead atoms. The molecular formula is C14H13F2NS. The van der Waals surface area contributed by atoms with E-state index in [0.29, 0.717) is 0 Å². The van der Waals surface area contributed by atoms with Gasteiger partial charge < -0.3 is 5.73 Å². The van der Waals surface area contributed by atoms with Gasteiger partial charge in [-0.3, -0.25) is 0 Å². The summed E-state index contributed by atoms with van der Waals surface area (Å²) in [5.74, 6) is -1.77. The van der Waals surface area contributed by atoms with Crippen LogP contribution < -0.4 is 5.73 Å². The van der Waals surface area contributed by atoms with Crippen LogP contribution in [0.5, 0.6) is 0 Å². The molecule has 2 aromatic rings. The van der Waals surface area contributed by atoms with E-state index in [4.69, 9.17) is 5.73 Å². The van der Waals surface area contributed by atoms with Crippen LogP contribution in [-0.4, -0.2) is 0 Å². The molecule has 94 valence electrons. The van der Waals surface area contributed by atoms with Crippen molar-refractivity contribution in [2.75, 3.05) is 5.73 Å². The van der Waals surface area contributed by atoms with Gasteiger partial charge in [0.15, 0.2) is 11.6 Å². The van der Waals surface area contributed by atoms with Crippen LogP contribution in [0.25, 0.3) is 0 Å². The number of aryl methyl sites for hydroxylation is 2. The van der Waals surface area contributed by atoms with Gasteiger partial charge in [0.05, 0.1) is 4.90 Å². The Labute approximate surface area is 109 Å². The summed E-state index contributed by atoms with van der Waals surface area (Å²) in [5, 5.41) is 0. The Balaban J connectivity index is 2.43. The van der Waals surface area contributed by atoms with Gasteiger partial charge in [0.1, 0.15) is 0 Å². The first-order valence-electron chi connectivity index (χ1n) is 5.47. The molecular weight excluding hydrogens is 252 g/mol. The second-order valence-electron chi connectivity index (χ2n) is 4.15. The zero-order valence-electron chi connectivity index (χ0n) is 10.1. The Bertz CT molecular complexity index is 597. The molecule has 0 spiro atoms. The first kappa shape index (κ1) is 12.9. The van der Waals surface area contributed by atoms with Crippen LogP contribution in [0.3, 0.4) is 0 Å². The summed E-state index contributed by atoms with van der Waals surface area (Å²) in [6.07, 6.45) is 0. The predicted octanol–water partition coefficient (Wildman–Crippen LogP) is 4.32. The molecule has 0 amide bonds. The van der Waals surface area contributed by atoms with Crippen molar-refractivity contribution in [3.05, 3.63) is 53.1 Å². The number of hydrogen-bond acceptors (Lipinski definition) is 2. The Morgan fingerprint density at radius 1 is 1.06 bits per heavy atom. The van der Waals surface area contributed by atoms with Crippen LogP contribution in [-0.2, 0) is 0 Å². The van der Waals surface area contributed by atoms with Crippen molar-refractivity contribution in [2.24, 2.45) is 0 Å². The van der Waals surface area contributed by atoms with Crippen molar-refractivity contribution in [2.45, 2.75) is 23.6 Å². The summed E-state index contributed by atoms with van der Waals surface area (Å²) in [5.41, 5.74) is 8.09. The van der Waals surface area contributed by atoms with Gasteiger partial charge in [-0.25, -0.2) is 8.78 Å². The SMILES string of the molecule is Cc1ccc(Sc2c(N)ccc(F)c2F)c(C)c1. The van der Waals surface area contributed by atoms with E-state index in [1.807, 2.05) is 32.0 Å². The Morgan fingerprint density at radius 2 is 1.78 bits per heavy atom. The maximum atomic E-state index is 13.7. The van der Waals surface area contributed by atoms with E-state index in [0.717, 1.165) is 33.9 Å². The number of halogens is 2. The number of benzene rings is 2. The molecule has 0 aliphatic carbocycles. The van der Waals surface area contributed by atoms with Crippen LogP contribution in [0.1, 0.15) is 11.1 Å². The highest BCUT2D eigenvalue weighted by atomic mass is 32.2. The molecule has 2 aromatic carbocycles. The van der Waals surface area contributed by atoms with Crippen LogP contribution >= 0.6 is 11.8 Å². The molecule has 0 fully saturated rings. The van der Waals surface area contributed by atoms with E-state index in [-0.39, 0.29) is 10.6 Å². The number of rotatable bonds is 2. The van der Waals surface area contributed by atoms with Crippen LogP contribution in [0.4, 0.5) is 14.5 Å². The van der Waals surface area contributed by atoms with E-state index >= 15 is 0 Å². The maximum Gasteiger partial charge on any atom is 0.174 e. The van der Waals surface area contributed by atoms with Crippen molar-refractivity contribution in [3.63, 3.8) is 0 Å². The van der Waals surface area contributed by atoms with Gasteiger partial charge in [0, 0.05) is 10.6 Å². The minimum absolute atomic E-state index is 0.141. The molecule has 0 aliphatic heterocycles. The third kappa shape index (κ3) is 2.48. The van der Waals surface area contributed by atoms with E-state index in [2.05, 4.69) is 0 Å². The lowest BCUT2D eigenvalue weighted by atomic mass is 10.2. The molecule has 2 rings (SSSR count). The van der Waals surface area contributed by atoms with Crippen LogP contribution in [0.15, 0.2) is 40.1 Å². The highest BCUT2D eigenvalue weighted by Crippen LogP contribution is 2.36. The third-order valence-electron chi connectivity index (χ3n) is 2.62. The second kappa shape index (κ2) is 4.98. The standard InChI is InChI=1S/C14H13F2NS/c1-8-3-6-12(9(2)7-8)18-14-11(17)5-4-10(15)13(14)16/h3-7H,17H2,1-2H3. The van der Waals surface area contributed by atoms with E-state index in [1.165, 1.54) is 6.07 Å². The zero-order chi connectivity index (χ0) is 13.3. The third-order valence-corrected chi connectivity index (χ3v) is 3.92. The Kier molecular flexibility index (Phi) is 3.57. The maximum absolute atomic E-state index is 13.7. The van der Waals surface area contributed by atoms with E-state index < -0.39 is 11.6 Å². The van der Waals surface area contributed by atoms with Crippen molar-refractivity contribution >= 4 is 17.4 Å². The number of nitrogen functional groups attached to an aromatic ring is 1. The number of hydrogen-bond donors (Lipinski definition) is 1. The fraction of sp³-hybridized carbons (Fsp3) is 0.143. The molecule has 0 unspecified atom stereocenters. The number of nitrogens with two attached hydrogens (primary N) is 1. The Morgan fingerprint density at radius 3 is 2.44 bits per heavy atom. The fourth-order valence-electron chi connectivity index (χ4n) is 1.67. The molecule has 1 nitrogen and oxygen atoms in total. The molecule has 0 aliphatic rings. The van der Waals surface area contributed by atoms with Gasteiger partial charge in [-0.1, -0.05) is 29.5 Å². The lowest BCUT2D eigenvalue weighted by Crippen LogP contribution is -1.95. The minimum atomic E-state index is -0.889. The summed E-state index contributed by atoms with van der Waals surface area (Å²) in [7, 11) is 0. The smallest absolute Gasteiger partial charge is 0.174 e. The lowest BCUT2D eigenvalue weighted by Gasteiger charge is -2.10. The van der Waals surface area contributed by atoms with Crippen molar-refractivity contribution in [3.8, 4) is 0 Å². The quantitative estimate of drug-likeness (QED) is 0.819. The molecule has 0 heterocycles. The molecule has 0 radical (unpaired) electrons. The molecule has 0 saturated heterocycles. The average Bonchev–Trinajstić information content (AvgIpc) is 2.32. The lowest BCUT2D eigenvalue weighted by molar-refractivity contribution is 0.492. The highest BCUT2D eigenvalue weighted by Gasteiger charge is 2.14. The van der Waals surface area contributed by atoms with Crippen LogP contribution in [0, 0.1) is 25.5 Å². The summed E-state index contributed by atoms with van der Waals surface area (Å²) < 4.78 is 26.9. The second-order valence-corrected chi connectivity index (χ2v) is 5.20. The summed E-state index contributed by atoms with van der Waals surface area (Å²) in [6, 6.07) is 8.23. The molecule has 4 heteroatoms. The normalized spacial score (nSPS) is 10.7. The first-order chi connectivity index (χ1) is 8.49. The number of anilines is 1. The van der Waals surface area contributed by atoms with Gasteiger partial charge in [-0.15, -0.1) is 0 Å². The van der Waals surface area contributed by atoms with Gasteiger partial charge in [-0.2, -0.15) is 0 Å². The minimum Gasteiger partial charge on any atom is -0.398 e. The molecule has 2 N–H and O–H groups in total. The first-order valence-corrected chi connectivity index (χ1v) is 6.29. The zero-order valence-corrected chi connectivity index (χ0v) is 10.9. The van der Waals surface area contributed by atoms with Gasteiger partial charge in [-0.05, 0) is 37.6 Å². The fourth-order valence-corrected chi connectivity index (χ4v) is 2.62. The largest absolute Gasteiger partial charge is 0.398 e. The molecule has 18 heavy (non-hydrogen) atoms. The van der Waals surface area contributed by atoms with E-state index in [1.54, 1.807) is 0 Å². The molecule has 0 saturated carbocycles. The van der Waals surface area contributed by atoms with E-state index in [9.17, 15) is 8.78 Å². The molecule has 0 aromatic heterocycles. The van der Waals surface area contributed by atoms with Gasteiger partial charge in [0.25, 0.3) is 0 Å². The summed E-state index contributed by atoms with van der Waals surface area (Å²) in [6.45, 7) is 3.92. The molecule has 0 atom stereocenters. The van der Waals surface area contributed by atoms with Crippen LogP contribution in [0.2, 0.25) is 0 Å². The van der Waals surface area contributed by atoms with Crippen molar-refractivity contribution in [1.82, 2.24) is 0 Å².